The molecule has 0 aliphatic carbocycles. The van der Waals surface area contributed by atoms with Crippen LogP contribution in [0.2, 0.25) is 0 Å². The number of hydrogen-bond donors (Lipinski definition) is 0. The van der Waals surface area contributed by atoms with Crippen LogP contribution in [0.25, 0.3) is 0 Å². The van der Waals surface area contributed by atoms with E-state index in [1.807, 2.05) is 0 Å². The summed E-state index contributed by atoms with van der Waals surface area (Å²) in [7, 11) is 0. The summed E-state index contributed by atoms with van der Waals surface area (Å²) < 4.78 is 5.48. The molecular formula is C15H26N2O2. The van der Waals surface area contributed by atoms with Gasteiger partial charge in [0.25, 0.3) is 0 Å². The molecule has 0 aromatic carbocycles. The third-order valence-electron chi connectivity index (χ3n) is 5.17. The molecule has 0 aromatic rings. The highest BCUT2D eigenvalue weighted by Crippen LogP contribution is 2.38. The van der Waals surface area contributed by atoms with E-state index in [2.05, 4.69) is 16.7 Å². The van der Waals surface area contributed by atoms with Gasteiger partial charge in [-0.15, -0.1) is 0 Å². The minimum Gasteiger partial charge on any atom is -0.381 e. The van der Waals surface area contributed by atoms with Crippen molar-refractivity contribution in [1.29, 1.82) is 0 Å². The number of amides is 1. The van der Waals surface area contributed by atoms with Crippen LogP contribution in [0.1, 0.15) is 39.0 Å². The summed E-state index contributed by atoms with van der Waals surface area (Å²) >= 11 is 0. The lowest BCUT2D eigenvalue weighted by Crippen LogP contribution is -2.57. The summed E-state index contributed by atoms with van der Waals surface area (Å²) in [5, 5.41) is 0. The SMILES string of the molecule is CCN1C(=O)CCC12CCCN(CC1CCOC1)C2. The van der Waals surface area contributed by atoms with Gasteiger partial charge in [0.05, 0.1) is 12.1 Å². The Hall–Kier alpha value is -0.610. The number of rotatable bonds is 3. The third-order valence-corrected chi connectivity index (χ3v) is 5.17. The Morgan fingerprint density at radius 1 is 1.42 bits per heavy atom. The van der Waals surface area contributed by atoms with Crippen molar-refractivity contribution in [3.63, 3.8) is 0 Å². The van der Waals surface area contributed by atoms with E-state index in [1.165, 1.54) is 25.8 Å². The van der Waals surface area contributed by atoms with E-state index in [0.717, 1.165) is 45.7 Å². The van der Waals surface area contributed by atoms with Gasteiger partial charge in [-0.3, -0.25) is 4.79 Å². The van der Waals surface area contributed by atoms with Gasteiger partial charge in [-0.05, 0) is 45.1 Å². The van der Waals surface area contributed by atoms with Crippen LogP contribution in [-0.4, -0.2) is 60.6 Å². The van der Waals surface area contributed by atoms with Crippen molar-refractivity contribution in [2.75, 3.05) is 39.4 Å². The Kier molecular flexibility index (Phi) is 3.81. The summed E-state index contributed by atoms with van der Waals surface area (Å²) in [5.41, 5.74) is 0.156. The Labute approximate surface area is 116 Å². The van der Waals surface area contributed by atoms with Crippen LogP contribution in [0.4, 0.5) is 0 Å². The molecule has 0 aromatic heterocycles. The zero-order chi connectivity index (χ0) is 13.3. The zero-order valence-electron chi connectivity index (χ0n) is 12.1. The van der Waals surface area contributed by atoms with Gasteiger partial charge >= 0.3 is 0 Å². The normalized spacial score (nSPS) is 36.6. The van der Waals surface area contributed by atoms with E-state index in [9.17, 15) is 4.79 Å². The minimum absolute atomic E-state index is 0.156. The molecule has 3 aliphatic rings. The Morgan fingerprint density at radius 3 is 3.05 bits per heavy atom. The smallest absolute Gasteiger partial charge is 0.223 e. The van der Waals surface area contributed by atoms with Crippen molar-refractivity contribution >= 4 is 5.91 Å². The molecule has 2 atom stereocenters. The number of carbonyl (C=O) groups is 1. The summed E-state index contributed by atoms with van der Waals surface area (Å²) in [6.07, 6.45) is 5.47. The summed E-state index contributed by atoms with van der Waals surface area (Å²) in [6.45, 7) is 8.30. The summed E-state index contributed by atoms with van der Waals surface area (Å²) in [4.78, 5) is 16.8. The molecule has 3 heterocycles. The standard InChI is InChI=1S/C15H26N2O2/c1-2-17-14(18)4-7-15(17)6-3-8-16(12-15)10-13-5-9-19-11-13/h13H,2-12H2,1H3. The molecule has 3 fully saturated rings. The number of carbonyl (C=O) groups excluding carboxylic acids is 1. The largest absolute Gasteiger partial charge is 0.381 e. The molecule has 19 heavy (non-hydrogen) atoms. The van der Waals surface area contributed by atoms with E-state index in [4.69, 9.17) is 4.74 Å². The number of likely N-dealkylation sites (tertiary alicyclic amines) is 2. The Morgan fingerprint density at radius 2 is 2.32 bits per heavy atom. The topological polar surface area (TPSA) is 32.8 Å². The molecule has 0 saturated carbocycles. The van der Waals surface area contributed by atoms with Gasteiger partial charge in [-0.2, -0.15) is 0 Å². The molecule has 3 aliphatic heterocycles. The number of piperidine rings is 1. The maximum atomic E-state index is 12.0. The molecule has 0 radical (unpaired) electrons. The fraction of sp³-hybridized carbons (Fsp3) is 0.933. The van der Waals surface area contributed by atoms with Gasteiger partial charge in [-0.25, -0.2) is 0 Å². The molecule has 0 bridgehead atoms. The molecule has 3 rings (SSSR count). The van der Waals surface area contributed by atoms with Crippen LogP contribution < -0.4 is 0 Å². The lowest BCUT2D eigenvalue weighted by Gasteiger charge is -2.46. The molecular weight excluding hydrogens is 240 g/mol. The number of hydrogen-bond acceptors (Lipinski definition) is 3. The first kappa shape index (κ1) is 13.4. The summed E-state index contributed by atoms with van der Waals surface area (Å²) in [6, 6.07) is 0. The number of nitrogens with zero attached hydrogens (tertiary/aromatic N) is 2. The van der Waals surface area contributed by atoms with Gasteiger partial charge in [-0.1, -0.05) is 0 Å². The zero-order valence-corrected chi connectivity index (χ0v) is 12.1. The van der Waals surface area contributed by atoms with E-state index in [1.54, 1.807) is 0 Å². The Balaban J connectivity index is 1.65. The number of ether oxygens (including phenoxy) is 1. The second-order valence-corrected chi connectivity index (χ2v) is 6.43. The Bertz CT molecular complexity index is 341. The van der Waals surface area contributed by atoms with Crippen molar-refractivity contribution in [2.24, 2.45) is 5.92 Å². The van der Waals surface area contributed by atoms with Gasteiger partial charge < -0.3 is 14.5 Å². The van der Waals surface area contributed by atoms with Crippen LogP contribution in [-0.2, 0) is 9.53 Å². The maximum Gasteiger partial charge on any atom is 0.223 e. The lowest BCUT2D eigenvalue weighted by molar-refractivity contribution is -0.132. The van der Waals surface area contributed by atoms with E-state index < -0.39 is 0 Å². The molecule has 108 valence electrons. The van der Waals surface area contributed by atoms with Crippen LogP contribution >= 0.6 is 0 Å². The molecule has 4 heteroatoms. The van der Waals surface area contributed by atoms with Crippen LogP contribution in [0.15, 0.2) is 0 Å². The highest BCUT2D eigenvalue weighted by atomic mass is 16.5. The van der Waals surface area contributed by atoms with E-state index in [-0.39, 0.29) is 5.54 Å². The first-order valence-electron chi connectivity index (χ1n) is 7.84. The van der Waals surface area contributed by atoms with Crippen molar-refractivity contribution in [3.8, 4) is 0 Å². The molecule has 4 nitrogen and oxygen atoms in total. The second kappa shape index (κ2) is 5.41. The van der Waals surface area contributed by atoms with Crippen molar-refractivity contribution in [3.05, 3.63) is 0 Å². The minimum atomic E-state index is 0.156. The summed E-state index contributed by atoms with van der Waals surface area (Å²) in [5.74, 6) is 1.08. The van der Waals surface area contributed by atoms with Gasteiger partial charge in [0.15, 0.2) is 0 Å². The predicted molar refractivity (Wildman–Crippen MR) is 74.0 cm³/mol. The fourth-order valence-corrected chi connectivity index (χ4v) is 4.26. The van der Waals surface area contributed by atoms with Crippen molar-refractivity contribution in [1.82, 2.24) is 9.80 Å². The highest BCUT2D eigenvalue weighted by Gasteiger charge is 2.46. The monoisotopic (exact) mass is 266 g/mol. The highest BCUT2D eigenvalue weighted by molar-refractivity contribution is 5.79. The maximum absolute atomic E-state index is 12.0. The van der Waals surface area contributed by atoms with Gasteiger partial charge in [0.1, 0.15) is 0 Å². The molecule has 0 N–H and O–H groups in total. The molecule has 2 unspecified atom stereocenters. The quantitative estimate of drug-likeness (QED) is 0.776. The van der Waals surface area contributed by atoms with Crippen LogP contribution in [0, 0.1) is 5.92 Å². The van der Waals surface area contributed by atoms with Crippen LogP contribution in [0.3, 0.4) is 0 Å². The van der Waals surface area contributed by atoms with E-state index in [0.29, 0.717) is 11.8 Å². The van der Waals surface area contributed by atoms with Crippen LogP contribution in [0.5, 0.6) is 0 Å². The second-order valence-electron chi connectivity index (χ2n) is 6.43. The van der Waals surface area contributed by atoms with Gasteiger partial charge in [0, 0.05) is 32.7 Å². The van der Waals surface area contributed by atoms with Gasteiger partial charge in [0.2, 0.25) is 5.91 Å². The first-order chi connectivity index (χ1) is 9.23. The number of likely N-dealkylation sites (N-methyl/N-ethyl adjacent to an activating group) is 1. The molecule has 1 amide bonds. The molecule has 1 spiro atoms. The average Bonchev–Trinajstić information content (AvgIpc) is 2.99. The average molecular weight is 266 g/mol. The van der Waals surface area contributed by atoms with E-state index >= 15 is 0 Å². The fourth-order valence-electron chi connectivity index (χ4n) is 4.26. The first-order valence-corrected chi connectivity index (χ1v) is 7.84. The van der Waals surface area contributed by atoms with Crippen molar-refractivity contribution < 1.29 is 9.53 Å². The van der Waals surface area contributed by atoms with Crippen molar-refractivity contribution in [2.45, 2.75) is 44.6 Å². The lowest BCUT2D eigenvalue weighted by atomic mass is 9.86. The molecule has 3 saturated heterocycles. The predicted octanol–water partition coefficient (Wildman–Crippen LogP) is 1.50. The third kappa shape index (κ3) is 2.52.